The van der Waals surface area contributed by atoms with Crippen molar-refractivity contribution in [1.82, 2.24) is 9.61 Å². The predicted molar refractivity (Wildman–Crippen MR) is 151 cm³/mol. The topological polar surface area (TPSA) is 63.5 Å². The smallest absolute Gasteiger partial charge is 0.261 e. The number of nitrogens with one attached hydrogen (secondary N) is 1. The van der Waals surface area contributed by atoms with Crippen LogP contribution in [0.15, 0.2) is 114 Å². The molecule has 5 nitrogen and oxygen atoms in total. The van der Waals surface area contributed by atoms with Crippen LogP contribution in [0.3, 0.4) is 0 Å². The first kappa shape index (κ1) is 23.3. The maximum absolute atomic E-state index is 13.5. The zero-order valence-electron chi connectivity index (χ0n) is 19.9. The molecule has 0 fully saturated rings. The molecule has 6 rings (SSSR count). The number of hydrogen-bond donors (Lipinski definition) is 1. The molecule has 0 aliphatic carbocycles. The van der Waals surface area contributed by atoms with Crippen LogP contribution in [-0.2, 0) is 10.0 Å². The average molecular weight is 524 g/mol. The van der Waals surface area contributed by atoms with Crippen LogP contribution in [0.4, 0.5) is 5.82 Å². The van der Waals surface area contributed by atoms with Crippen LogP contribution in [-0.4, -0.2) is 18.0 Å². The van der Waals surface area contributed by atoms with Crippen molar-refractivity contribution in [3.05, 3.63) is 120 Å². The molecule has 6 aromatic rings. The van der Waals surface area contributed by atoms with E-state index in [-0.39, 0.29) is 10.7 Å². The average Bonchev–Trinajstić information content (AvgIpc) is 3.28. The Hall–Kier alpha value is -4.13. The summed E-state index contributed by atoms with van der Waals surface area (Å²) in [5.41, 5.74) is 5.06. The van der Waals surface area contributed by atoms with Crippen molar-refractivity contribution in [2.24, 2.45) is 0 Å². The number of fused-ring (bicyclic) bond motifs is 3. The van der Waals surface area contributed by atoms with E-state index in [0.29, 0.717) is 10.6 Å². The Kier molecular flexibility index (Phi) is 5.71. The highest BCUT2D eigenvalue weighted by molar-refractivity contribution is 7.92. The van der Waals surface area contributed by atoms with Crippen LogP contribution in [0.1, 0.15) is 5.56 Å². The van der Waals surface area contributed by atoms with Gasteiger partial charge in [-0.05, 0) is 48.2 Å². The highest BCUT2D eigenvalue weighted by atomic mass is 35.5. The first-order valence-corrected chi connectivity index (χ1v) is 13.6. The summed E-state index contributed by atoms with van der Waals surface area (Å²) in [5, 5.41) is 7.29. The van der Waals surface area contributed by atoms with Gasteiger partial charge in [-0.25, -0.2) is 12.9 Å². The van der Waals surface area contributed by atoms with E-state index in [4.69, 9.17) is 16.7 Å². The molecule has 1 N–H and O–H groups in total. The third-order valence-corrected chi connectivity index (χ3v) is 7.96. The standard InChI is InChI=1S/C30H22ClN3O2S/c1-20-12-16-25(17-13-20)37(35,36)33-30-28(22-10-6-3-7-11-22)29-26-19-24(31)15-14-23(26)18-27(34(29)32-30)21-8-4-2-5-9-21/h2-19H,1H3,(H,32,33). The summed E-state index contributed by atoms with van der Waals surface area (Å²) in [4.78, 5) is 0.172. The van der Waals surface area contributed by atoms with E-state index < -0.39 is 10.0 Å². The lowest BCUT2D eigenvalue weighted by atomic mass is 10.0. The van der Waals surface area contributed by atoms with Gasteiger partial charge in [-0.3, -0.25) is 4.72 Å². The third-order valence-electron chi connectivity index (χ3n) is 6.37. The normalized spacial score (nSPS) is 11.7. The fourth-order valence-electron chi connectivity index (χ4n) is 4.58. The number of pyridine rings is 1. The molecular formula is C30H22ClN3O2S. The van der Waals surface area contributed by atoms with Gasteiger partial charge < -0.3 is 0 Å². The fraction of sp³-hybridized carbons (Fsp3) is 0.0333. The minimum absolute atomic E-state index is 0.172. The number of nitrogens with zero attached hydrogens (tertiary/aromatic N) is 2. The van der Waals surface area contributed by atoms with Gasteiger partial charge in [0.05, 0.1) is 21.7 Å². The van der Waals surface area contributed by atoms with E-state index in [1.807, 2.05) is 96.4 Å². The molecule has 0 amide bonds. The van der Waals surface area contributed by atoms with Crippen LogP contribution in [0.2, 0.25) is 5.02 Å². The second kappa shape index (κ2) is 9.07. The third kappa shape index (κ3) is 4.24. The number of aryl methyl sites for hydroxylation is 1. The molecule has 0 aliphatic heterocycles. The Morgan fingerprint density at radius 1 is 0.784 bits per heavy atom. The quantitative estimate of drug-likeness (QED) is 0.253. The SMILES string of the molecule is Cc1ccc(S(=O)(=O)Nc2nn3c(-c4ccccc4)cc4ccc(Cl)cc4c3c2-c2ccccc2)cc1. The second-order valence-electron chi connectivity index (χ2n) is 8.90. The van der Waals surface area contributed by atoms with E-state index in [2.05, 4.69) is 4.72 Å². The number of anilines is 1. The summed E-state index contributed by atoms with van der Waals surface area (Å²) in [6, 6.07) is 34.1. The van der Waals surface area contributed by atoms with Gasteiger partial charge in [-0.2, -0.15) is 0 Å². The maximum atomic E-state index is 13.5. The van der Waals surface area contributed by atoms with Gasteiger partial charge in [0.1, 0.15) is 0 Å². The molecule has 0 atom stereocenters. The van der Waals surface area contributed by atoms with Gasteiger partial charge >= 0.3 is 0 Å². The number of benzene rings is 4. The highest BCUT2D eigenvalue weighted by Crippen LogP contribution is 2.40. The zero-order chi connectivity index (χ0) is 25.6. The Balaban J connectivity index is 1.70. The maximum Gasteiger partial charge on any atom is 0.263 e. The first-order valence-electron chi connectivity index (χ1n) is 11.8. The Morgan fingerprint density at radius 3 is 2.11 bits per heavy atom. The molecule has 0 spiro atoms. The van der Waals surface area contributed by atoms with Gasteiger partial charge in [0, 0.05) is 16.0 Å². The fourth-order valence-corrected chi connectivity index (χ4v) is 5.76. The summed E-state index contributed by atoms with van der Waals surface area (Å²) in [6.45, 7) is 1.92. The number of rotatable bonds is 5. The lowest BCUT2D eigenvalue weighted by molar-refractivity contribution is 0.601. The molecule has 7 heteroatoms. The van der Waals surface area contributed by atoms with Crippen molar-refractivity contribution in [1.29, 1.82) is 0 Å². The van der Waals surface area contributed by atoms with Crippen LogP contribution in [0.25, 0.3) is 38.7 Å². The van der Waals surface area contributed by atoms with Gasteiger partial charge in [-0.15, -0.1) is 5.10 Å². The Labute approximate surface area is 220 Å². The molecule has 0 aliphatic rings. The molecule has 0 saturated carbocycles. The van der Waals surface area contributed by atoms with E-state index in [9.17, 15) is 8.42 Å². The van der Waals surface area contributed by atoms with Crippen molar-refractivity contribution in [2.75, 3.05) is 4.72 Å². The summed E-state index contributed by atoms with van der Waals surface area (Å²) in [7, 11) is -3.90. The summed E-state index contributed by atoms with van der Waals surface area (Å²) < 4.78 is 31.5. The van der Waals surface area contributed by atoms with Crippen molar-refractivity contribution in [2.45, 2.75) is 11.8 Å². The van der Waals surface area contributed by atoms with Crippen molar-refractivity contribution in [3.8, 4) is 22.4 Å². The largest absolute Gasteiger partial charge is 0.263 e. The van der Waals surface area contributed by atoms with Crippen LogP contribution >= 0.6 is 11.6 Å². The van der Waals surface area contributed by atoms with Crippen LogP contribution in [0.5, 0.6) is 0 Å². The summed E-state index contributed by atoms with van der Waals surface area (Å²) in [5.74, 6) is 0.247. The minimum atomic E-state index is -3.90. The second-order valence-corrected chi connectivity index (χ2v) is 11.0. The molecule has 182 valence electrons. The van der Waals surface area contributed by atoms with Gasteiger partial charge in [0.25, 0.3) is 10.0 Å². The van der Waals surface area contributed by atoms with Crippen molar-refractivity contribution in [3.63, 3.8) is 0 Å². The molecule has 0 bridgehead atoms. The molecule has 37 heavy (non-hydrogen) atoms. The molecule has 4 aromatic carbocycles. The van der Waals surface area contributed by atoms with Crippen molar-refractivity contribution >= 4 is 43.7 Å². The lowest BCUT2D eigenvalue weighted by Gasteiger charge is -2.11. The van der Waals surface area contributed by atoms with Gasteiger partial charge in [0.15, 0.2) is 5.82 Å². The highest BCUT2D eigenvalue weighted by Gasteiger charge is 2.24. The Morgan fingerprint density at radius 2 is 1.43 bits per heavy atom. The van der Waals surface area contributed by atoms with Crippen LogP contribution in [0, 0.1) is 6.92 Å². The van der Waals surface area contributed by atoms with Gasteiger partial charge in [-0.1, -0.05) is 96.0 Å². The summed E-state index contributed by atoms with van der Waals surface area (Å²) >= 11 is 6.44. The number of hydrogen-bond acceptors (Lipinski definition) is 3. The molecule has 0 unspecified atom stereocenters. The lowest BCUT2D eigenvalue weighted by Crippen LogP contribution is -2.14. The van der Waals surface area contributed by atoms with Gasteiger partial charge in [0.2, 0.25) is 0 Å². The molecular weight excluding hydrogens is 502 g/mol. The molecule has 2 heterocycles. The molecule has 0 saturated heterocycles. The number of sulfonamides is 1. The minimum Gasteiger partial charge on any atom is -0.261 e. The van der Waals surface area contributed by atoms with E-state index >= 15 is 0 Å². The summed E-state index contributed by atoms with van der Waals surface area (Å²) in [6.07, 6.45) is 0. The van der Waals surface area contributed by atoms with E-state index in [1.54, 1.807) is 24.3 Å². The van der Waals surface area contributed by atoms with Crippen LogP contribution < -0.4 is 4.72 Å². The first-order chi connectivity index (χ1) is 17.9. The molecule has 2 aromatic heterocycles. The Bertz CT molecular complexity index is 1870. The van der Waals surface area contributed by atoms with E-state index in [1.165, 1.54) is 0 Å². The van der Waals surface area contributed by atoms with Crippen molar-refractivity contribution < 1.29 is 8.42 Å². The zero-order valence-corrected chi connectivity index (χ0v) is 21.5. The predicted octanol–water partition coefficient (Wildman–Crippen LogP) is 7.58. The number of aromatic nitrogens is 2. The molecule has 0 radical (unpaired) electrons. The van der Waals surface area contributed by atoms with E-state index in [0.717, 1.165) is 38.7 Å². The monoisotopic (exact) mass is 523 g/mol. The number of halogens is 1.